The van der Waals surface area contributed by atoms with E-state index in [9.17, 15) is 18.5 Å². The van der Waals surface area contributed by atoms with Crippen LogP contribution in [-0.4, -0.2) is 68.5 Å². The lowest BCUT2D eigenvalue weighted by Gasteiger charge is -2.34. The van der Waals surface area contributed by atoms with E-state index in [1.54, 1.807) is 7.05 Å². The van der Waals surface area contributed by atoms with Crippen molar-refractivity contribution < 1.29 is 18.1 Å². The third-order valence-corrected chi connectivity index (χ3v) is 8.74. The first kappa shape index (κ1) is 28.7. The largest absolute Gasteiger partial charge is 0.378 e. The third-order valence-electron chi connectivity index (χ3n) is 6.81. The van der Waals surface area contributed by atoms with Crippen molar-refractivity contribution in [2.24, 2.45) is 0 Å². The van der Waals surface area contributed by atoms with E-state index in [2.05, 4.69) is 18.9 Å². The summed E-state index contributed by atoms with van der Waals surface area (Å²) in [6.07, 6.45) is 12.1. The molecule has 1 aromatic rings. The summed E-state index contributed by atoms with van der Waals surface area (Å²) in [5.74, 6) is 0. The molecule has 194 valence electrons. The van der Waals surface area contributed by atoms with Crippen LogP contribution in [-0.2, 0) is 14.8 Å². The molecule has 9 heteroatoms. The molecule has 0 aromatic heterocycles. The van der Waals surface area contributed by atoms with Gasteiger partial charge in [-0.05, 0) is 77.2 Å². The Morgan fingerprint density at radius 3 is 2.12 bits per heavy atom. The van der Waals surface area contributed by atoms with Crippen LogP contribution in [0.15, 0.2) is 29.2 Å². The van der Waals surface area contributed by atoms with Gasteiger partial charge in [0.25, 0.3) is 5.69 Å². The van der Waals surface area contributed by atoms with Gasteiger partial charge in [0.2, 0.25) is 10.0 Å². The average Bonchev–Trinajstić information content (AvgIpc) is 2.83. The number of rotatable bonds is 16. The third kappa shape index (κ3) is 9.24. The predicted octanol–water partition coefficient (Wildman–Crippen LogP) is 5.23. The Hall–Kier alpha value is -1.55. The van der Waals surface area contributed by atoms with Crippen LogP contribution in [0, 0.1) is 10.1 Å². The Bertz CT molecular complexity index is 823. The number of hydrogen-bond donors (Lipinski definition) is 0. The molecule has 1 aliphatic carbocycles. The van der Waals surface area contributed by atoms with Gasteiger partial charge in [-0.25, -0.2) is 8.42 Å². The van der Waals surface area contributed by atoms with Crippen molar-refractivity contribution in [3.05, 3.63) is 34.4 Å². The van der Waals surface area contributed by atoms with Gasteiger partial charge in [-0.15, -0.1) is 0 Å². The molecule has 8 nitrogen and oxygen atoms in total. The van der Waals surface area contributed by atoms with Crippen molar-refractivity contribution in [3.8, 4) is 0 Å². The standard InChI is InChI=1S/C25H43N3O5S/c1-4-5-8-19-26(2)20-9-6-7-10-21-33-24-15-11-22(12-16-24)27(3)34(31,32)25-17-13-23(14-18-25)28(29)30/h13-14,17-18,22,24H,4-12,15-16,19-21H2,1-3H3. The summed E-state index contributed by atoms with van der Waals surface area (Å²) in [5.41, 5.74) is -0.117. The summed E-state index contributed by atoms with van der Waals surface area (Å²) in [6.45, 7) is 5.38. The van der Waals surface area contributed by atoms with Gasteiger partial charge in [0.1, 0.15) is 0 Å². The second kappa shape index (κ2) is 14.8. The maximum absolute atomic E-state index is 12.9. The Morgan fingerprint density at radius 1 is 0.941 bits per heavy atom. The quantitative estimate of drug-likeness (QED) is 0.176. The van der Waals surface area contributed by atoms with E-state index >= 15 is 0 Å². The molecule has 0 radical (unpaired) electrons. The zero-order valence-electron chi connectivity index (χ0n) is 21.2. The summed E-state index contributed by atoms with van der Waals surface area (Å²) < 4.78 is 33.3. The average molecular weight is 498 g/mol. The van der Waals surface area contributed by atoms with E-state index in [0.717, 1.165) is 38.7 Å². The fraction of sp³-hybridized carbons (Fsp3) is 0.760. The predicted molar refractivity (Wildman–Crippen MR) is 136 cm³/mol. The first-order valence-electron chi connectivity index (χ1n) is 12.8. The minimum absolute atomic E-state index is 0.0747. The smallest absolute Gasteiger partial charge is 0.269 e. The molecule has 0 bridgehead atoms. The van der Waals surface area contributed by atoms with E-state index in [1.165, 1.54) is 80.2 Å². The van der Waals surface area contributed by atoms with Crippen LogP contribution in [0.5, 0.6) is 0 Å². The molecule has 0 spiro atoms. The van der Waals surface area contributed by atoms with Crippen LogP contribution in [0.2, 0.25) is 0 Å². The molecule has 34 heavy (non-hydrogen) atoms. The first-order chi connectivity index (χ1) is 16.3. The summed E-state index contributed by atoms with van der Waals surface area (Å²) >= 11 is 0. The second-order valence-electron chi connectivity index (χ2n) is 9.50. The van der Waals surface area contributed by atoms with Gasteiger partial charge in [-0.1, -0.05) is 32.6 Å². The number of hydrogen-bond acceptors (Lipinski definition) is 6. The summed E-state index contributed by atoms with van der Waals surface area (Å²) in [6, 6.07) is 5.01. The van der Waals surface area contributed by atoms with Crippen LogP contribution in [0.3, 0.4) is 0 Å². The van der Waals surface area contributed by atoms with Gasteiger partial charge in [-0.3, -0.25) is 10.1 Å². The maximum atomic E-state index is 12.9. The van der Waals surface area contributed by atoms with Gasteiger partial charge in [-0.2, -0.15) is 4.31 Å². The minimum atomic E-state index is -3.67. The highest BCUT2D eigenvalue weighted by Gasteiger charge is 2.32. The second-order valence-corrected chi connectivity index (χ2v) is 11.5. The van der Waals surface area contributed by atoms with Crippen molar-refractivity contribution in [3.63, 3.8) is 0 Å². The highest BCUT2D eigenvalue weighted by atomic mass is 32.2. The molecule has 1 aliphatic rings. The molecule has 0 atom stereocenters. The van der Waals surface area contributed by atoms with Crippen molar-refractivity contribution in [1.82, 2.24) is 9.21 Å². The Kier molecular flexibility index (Phi) is 12.5. The highest BCUT2D eigenvalue weighted by Crippen LogP contribution is 2.29. The topological polar surface area (TPSA) is 93.0 Å². The highest BCUT2D eigenvalue weighted by molar-refractivity contribution is 7.89. The zero-order chi connectivity index (χ0) is 25.0. The van der Waals surface area contributed by atoms with Crippen LogP contribution >= 0.6 is 0 Å². The molecule has 0 heterocycles. The number of nitro benzene ring substituents is 1. The number of unbranched alkanes of at least 4 members (excludes halogenated alkanes) is 5. The fourth-order valence-corrected chi connectivity index (χ4v) is 5.92. The Labute approximate surface area is 205 Å². The van der Waals surface area contributed by atoms with Gasteiger partial charge in [0.05, 0.1) is 15.9 Å². The number of benzene rings is 1. The lowest BCUT2D eigenvalue weighted by atomic mass is 9.93. The minimum Gasteiger partial charge on any atom is -0.378 e. The number of nitro groups is 1. The van der Waals surface area contributed by atoms with Crippen molar-refractivity contribution in [2.75, 3.05) is 33.8 Å². The number of ether oxygens (including phenoxy) is 1. The molecule has 0 aliphatic heterocycles. The van der Waals surface area contributed by atoms with E-state index in [-0.39, 0.29) is 22.7 Å². The van der Waals surface area contributed by atoms with Gasteiger partial charge < -0.3 is 9.64 Å². The maximum Gasteiger partial charge on any atom is 0.269 e. The molecular formula is C25H43N3O5S. The van der Waals surface area contributed by atoms with E-state index in [1.807, 2.05) is 0 Å². The zero-order valence-corrected chi connectivity index (χ0v) is 22.0. The molecular weight excluding hydrogens is 454 g/mol. The number of sulfonamides is 1. The number of nitrogens with zero attached hydrogens (tertiary/aromatic N) is 3. The lowest BCUT2D eigenvalue weighted by molar-refractivity contribution is -0.384. The van der Waals surface area contributed by atoms with E-state index in [4.69, 9.17) is 4.74 Å². The normalized spacial score (nSPS) is 19.1. The van der Waals surface area contributed by atoms with Crippen LogP contribution in [0.25, 0.3) is 0 Å². The summed E-state index contributed by atoms with van der Waals surface area (Å²) in [7, 11) is 0.138. The number of non-ortho nitro benzene ring substituents is 1. The molecule has 2 rings (SSSR count). The molecule has 0 N–H and O–H groups in total. The van der Waals surface area contributed by atoms with Gasteiger partial charge in [0, 0.05) is 31.8 Å². The van der Waals surface area contributed by atoms with E-state index in [0.29, 0.717) is 0 Å². The van der Waals surface area contributed by atoms with Crippen molar-refractivity contribution in [2.45, 2.75) is 94.6 Å². The molecule has 0 amide bonds. The van der Waals surface area contributed by atoms with Crippen LogP contribution in [0.4, 0.5) is 5.69 Å². The lowest BCUT2D eigenvalue weighted by Crippen LogP contribution is -2.40. The van der Waals surface area contributed by atoms with Crippen molar-refractivity contribution >= 4 is 15.7 Å². The van der Waals surface area contributed by atoms with E-state index < -0.39 is 14.9 Å². The molecule has 0 saturated heterocycles. The Morgan fingerprint density at radius 2 is 1.53 bits per heavy atom. The Balaban J connectivity index is 1.62. The summed E-state index contributed by atoms with van der Waals surface area (Å²) in [4.78, 5) is 12.8. The molecule has 1 fully saturated rings. The summed E-state index contributed by atoms with van der Waals surface area (Å²) in [5, 5.41) is 10.8. The molecule has 1 aromatic carbocycles. The van der Waals surface area contributed by atoms with Crippen LogP contribution < -0.4 is 0 Å². The van der Waals surface area contributed by atoms with Gasteiger partial charge >= 0.3 is 0 Å². The monoisotopic (exact) mass is 497 g/mol. The van der Waals surface area contributed by atoms with Crippen molar-refractivity contribution in [1.29, 1.82) is 0 Å². The van der Waals surface area contributed by atoms with Gasteiger partial charge in [0.15, 0.2) is 0 Å². The fourth-order valence-electron chi connectivity index (χ4n) is 4.51. The first-order valence-corrected chi connectivity index (χ1v) is 14.2. The SMILES string of the molecule is CCCCCN(C)CCCCCCOC1CCC(N(C)S(=O)(=O)c2ccc([N+](=O)[O-])cc2)CC1. The molecule has 0 unspecified atom stereocenters. The van der Waals surface area contributed by atoms with Crippen LogP contribution in [0.1, 0.15) is 77.6 Å². The molecule has 1 saturated carbocycles.